The van der Waals surface area contributed by atoms with Crippen molar-refractivity contribution in [3.05, 3.63) is 23.8 Å². The molecule has 1 saturated heterocycles. The molecule has 2 aliphatic heterocycles. The molecule has 0 amide bonds. The highest BCUT2D eigenvalue weighted by Crippen LogP contribution is 2.32. The fourth-order valence-corrected chi connectivity index (χ4v) is 3.12. The smallest absolute Gasteiger partial charge is 0.191 e. The van der Waals surface area contributed by atoms with Crippen molar-refractivity contribution >= 4 is 5.96 Å². The normalized spacial score (nSPS) is 19.3. The minimum atomic E-state index is 0.221. The molecule has 1 aromatic carbocycles. The van der Waals surface area contributed by atoms with Gasteiger partial charge < -0.3 is 24.8 Å². The van der Waals surface area contributed by atoms with Gasteiger partial charge in [-0.15, -0.1) is 0 Å². The van der Waals surface area contributed by atoms with Gasteiger partial charge in [-0.05, 0) is 17.7 Å². The summed E-state index contributed by atoms with van der Waals surface area (Å²) in [6.07, 6.45) is 0. The number of nitrogens with zero attached hydrogens (tertiary/aromatic N) is 2. The van der Waals surface area contributed by atoms with E-state index >= 15 is 0 Å². The topological polar surface area (TPSA) is 67.4 Å². The van der Waals surface area contributed by atoms with Crippen LogP contribution in [-0.4, -0.2) is 71.0 Å². The minimum absolute atomic E-state index is 0.221. The number of rotatable bonds is 6. The van der Waals surface area contributed by atoms with Crippen molar-refractivity contribution in [3.8, 4) is 11.5 Å². The molecule has 0 saturated carbocycles. The molecular weight excluding hydrogens is 308 g/mol. The van der Waals surface area contributed by atoms with Crippen LogP contribution in [0.15, 0.2) is 23.2 Å². The highest BCUT2D eigenvalue weighted by Gasteiger charge is 2.24. The van der Waals surface area contributed by atoms with Gasteiger partial charge in [-0.1, -0.05) is 6.07 Å². The second-order valence-corrected chi connectivity index (χ2v) is 5.82. The summed E-state index contributed by atoms with van der Waals surface area (Å²) in [6, 6.07) is 6.35. The third-order valence-electron chi connectivity index (χ3n) is 4.42. The molecule has 0 radical (unpaired) electrons. The Kier molecular flexibility index (Phi) is 5.77. The first kappa shape index (κ1) is 16.9. The van der Waals surface area contributed by atoms with Crippen molar-refractivity contribution in [2.45, 2.75) is 6.04 Å². The molecule has 2 N–H and O–H groups in total. The predicted octanol–water partition coefficient (Wildman–Crippen LogP) is 0.626. The minimum Gasteiger partial charge on any atom is -0.493 e. The average molecular weight is 334 g/mol. The van der Waals surface area contributed by atoms with Crippen LogP contribution in [0.1, 0.15) is 11.6 Å². The summed E-state index contributed by atoms with van der Waals surface area (Å²) in [5.74, 6) is 2.38. The lowest BCUT2D eigenvalue weighted by molar-refractivity contribution is 0.0169. The Morgan fingerprint density at radius 2 is 2.04 bits per heavy atom. The summed E-state index contributed by atoms with van der Waals surface area (Å²) >= 11 is 0. The van der Waals surface area contributed by atoms with E-state index in [4.69, 9.17) is 14.2 Å². The molecule has 0 unspecified atom stereocenters. The average Bonchev–Trinajstić information content (AvgIpc) is 3.16. The van der Waals surface area contributed by atoms with Crippen LogP contribution in [0.3, 0.4) is 0 Å². The van der Waals surface area contributed by atoms with Gasteiger partial charge in [0.1, 0.15) is 0 Å². The van der Waals surface area contributed by atoms with Gasteiger partial charge in [-0.25, -0.2) is 0 Å². The van der Waals surface area contributed by atoms with Crippen LogP contribution in [0.25, 0.3) is 0 Å². The molecule has 0 bridgehead atoms. The van der Waals surface area contributed by atoms with E-state index in [0.717, 1.165) is 63.4 Å². The van der Waals surface area contributed by atoms with Gasteiger partial charge in [-0.3, -0.25) is 9.89 Å². The molecule has 1 aromatic rings. The van der Waals surface area contributed by atoms with Crippen LogP contribution in [-0.2, 0) is 4.74 Å². The summed E-state index contributed by atoms with van der Waals surface area (Å²) in [4.78, 5) is 6.85. The molecule has 3 rings (SSSR count). The maximum absolute atomic E-state index is 5.50. The van der Waals surface area contributed by atoms with Gasteiger partial charge in [0.25, 0.3) is 0 Å². The first-order valence-electron chi connectivity index (χ1n) is 8.37. The first-order valence-corrected chi connectivity index (χ1v) is 8.37. The van der Waals surface area contributed by atoms with Crippen LogP contribution < -0.4 is 20.1 Å². The largest absolute Gasteiger partial charge is 0.493 e. The van der Waals surface area contributed by atoms with Crippen molar-refractivity contribution in [1.82, 2.24) is 15.5 Å². The van der Waals surface area contributed by atoms with Crippen molar-refractivity contribution in [2.75, 3.05) is 60.2 Å². The molecule has 0 aliphatic carbocycles. The summed E-state index contributed by atoms with van der Waals surface area (Å²) in [5.41, 5.74) is 1.20. The lowest BCUT2D eigenvalue weighted by atomic mass is 10.0. The Morgan fingerprint density at radius 1 is 1.25 bits per heavy atom. The number of nitrogens with one attached hydrogen (secondary N) is 2. The zero-order valence-electron chi connectivity index (χ0n) is 14.4. The summed E-state index contributed by atoms with van der Waals surface area (Å²) < 4.78 is 16.3. The fourth-order valence-electron chi connectivity index (χ4n) is 3.12. The van der Waals surface area contributed by atoms with Crippen LogP contribution in [0.4, 0.5) is 0 Å². The summed E-state index contributed by atoms with van der Waals surface area (Å²) in [6.45, 7) is 5.89. The number of morpholine rings is 1. The van der Waals surface area contributed by atoms with Gasteiger partial charge in [0.2, 0.25) is 0 Å². The fraction of sp³-hybridized carbons (Fsp3) is 0.588. The molecule has 7 heteroatoms. The van der Waals surface area contributed by atoms with Crippen LogP contribution in [0.5, 0.6) is 11.5 Å². The number of ether oxygens (including phenoxy) is 3. The van der Waals surface area contributed by atoms with Crippen molar-refractivity contribution in [1.29, 1.82) is 0 Å². The Balaban J connectivity index is 1.79. The van der Waals surface area contributed by atoms with E-state index in [0.29, 0.717) is 0 Å². The van der Waals surface area contributed by atoms with Crippen molar-refractivity contribution < 1.29 is 14.2 Å². The Labute approximate surface area is 143 Å². The molecular formula is C17H26N4O3. The van der Waals surface area contributed by atoms with Gasteiger partial charge in [-0.2, -0.15) is 0 Å². The molecule has 132 valence electrons. The highest BCUT2D eigenvalue weighted by molar-refractivity contribution is 5.81. The zero-order chi connectivity index (χ0) is 16.8. The second-order valence-electron chi connectivity index (χ2n) is 5.82. The number of aliphatic imine (C=N–C) groups is 1. The molecule has 0 aromatic heterocycles. The van der Waals surface area contributed by atoms with E-state index in [1.54, 1.807) is 14.2 Å². The standard InChI is InChI=1S/C17H26N4O3/c1-22-15-4-3-13(11-16(15)23-2)14(21-7-9-24-10-8-21)12-20-17-18-5-6-19-17/h3-4,11,14H,5-10,12H2,1-2H3,(H2,18,19,20)/t14-/m1/s1. The molecule has 1 atom stereocenters. The number of hydrogen-bond donors (Lipinski definition) is 2. The highest BCUT2D eigenvalue weighted by atomic mass is 16.5. The van der Waals surface area contributed by atoms with E-state index in [-0.39, 0.29) is 6.04 Å². The molecule has 2 heterocycles. The zero-order valence-corrected chi connectivity index (χ0v) is 14.4. The Hall–Kier alpha value is -1.99. The SMILES string of the molecule is COc1ccc([C@@H](CNC2=NCCN2)N2CCOCC2)cc1OC. The quantitative estimate of drug-likeness (QED) is 0.795. The first-order chi connectivity index (χ1) is 11.8. The summed E-state index contributed by atoms with van der Waals surface area (Å²) in [7, 11) is 3.32. The Bertz CT molecular complexity index is 573. The van der Waals surface area contributed by atoms with E-state index in [2.05, 4.69) is 32.7 Å². The van der Waals surface area contributed by atoms with E-state index in [1.165, 1.54) is 5.56 Å². The third-order valence-corrected chi connectivity index (χ3v) is 4.42. The maximum Gasteiger partial charge on any atom is 0.191 e. The van der Waals surface area contributed by atoms with Gasteiger partial charge >= 0.3 is 0 Å². The Morgan fingerprint density at radius 3 is 2.71 bits per heavy atom. The number of guanidine groups is 1. The van der Waals surface area contributed by atoms with Crippen LogP contribution in [0.2, 0.25) is 0 Å². The molecule has 24 heavy (non-hydrogen) atoms. The monoisotopic (exact) mass is 334 g/mol. The molecule has 1 fully saturated rings. The molecule has 0 spiro atoms. The third kappa shape index (κ3) is 3.91. The van der Waals surface area contributed by atoms with Gasteiger partial charge in [0, 0.05) is 26.2 Å². The van der Waals surface area contributed by atoms with E-state index in [9.17, 15) is 0 Å². The predicted molar refractivity (Wildman–Crippen MR) is 93.0 cm³/mol. The lowest BCUT2D eigenvalue weighted by Gasteiger charge is -2.35. The van der Waals surface area contributed by atoms with E-state index in [1.807, 2.05) is 6.07 Å². The maximum atomic E-state index is 5.50. The number of benzene rings is 1. The van der Waals surface area contributed by atoms with Crippen LogP contribution >= 0.6 is 0 Å². The van der Waals surface area contributed by atoms with E-state index < -0.39 is 0 Å². The van der Waals surface area contributed by atoms with Gasteiger partial charge in [0.05, 0.1) is 40.0 Å². The van der Waals surface area contributed by atoms with Crippen molar-refractivity contribution in [2.24, 2.45) is 4.99 Å². The molecule has 7 nitrogen and oxygen atoms in total. The number of hydrogen-bond acceptors (Lipinski definition) is 7. The second kappa shape index (κ2) is 8.21. The van der Waals surface area contributed by atoms with Crippen molar-refractivity contribution in [3.63, 3.8) is 0 Å². The summed E-state index contributed by atoms with van der Waals surface area (Å²) in [5, 5.41) is 6.69. The van der Waals surface area contributed by atoms with Crippen LogP contribution in [0, 0.1) is 0 Å². The lowest BCUT2D eigenvalue weighted by Crippen LogP contribution is -2.45. The molecule has 2 aliphatic rings. The van der Waals surface area contributed by atoms with Gasteiger partial charge in [0.15, 0.2) is 17.5 Å². The number of methoxy groups -OCH3 is 2.